The lowest BCUT2D eigenvalue weighted by Gasteiger charge is -2.38. The molecule has 29 heavy (non-hydrogen) atoms. The number of phenolic OH excluding ortho intramolecular Hbond substituents is 1. The monoisotopic (exact) mass is 510 g/mol. The number of rotatable bonds is 5. The molecule has 0 aliphatic carbocycles. The zero-order chi connectivity index (χ0) is 19.9. The van der Waals surface area contributed by atoms with Crippen LogP contribution in [0.2, 0.25) is 0 Å². The number of para-hydroxylation sites is 2. The van der Waals surface area contributed by atoms with Gasteiger partial charge in [-0.15, -0.1) is 24.0 Å². The quantitative estimate of drug-likeness (QED) is 0.328. The molecule has 1 atom stereocenters. The third-order valence-electron chi connectivity index (χ3n) is 5.01. The van der Waals surface area contributed by atoms with Crippen LogP contribution < -0.4 is 10.2 Å². The summed E-state index contributed by atoms with van der Waals surface area (Å²) in [5, 5.41) is 23.9. The number of hydrogen-bond donors (Lipinski definition) is 3. The van der Waals surface area contributed by atoms with Crippen molar-refractivity contribution in [3.05, 3.63) is 59.7 Å². The van der Waals surface area contributed by atoms with Crippen molar-refractivity contribution < 1.29 is 10.2 Å². The molecule has 2 aromatic rings. The maximum Gasteiger partial charge on any atom is 0.194 e. The Morgan fingerprint density at radius 1 is 1.07 bits per heavy atom. The van der Waals surface area contributed by atoms with Crippen molar-refractivity contribution in [2.45, 2.75) is 20.0 Å². The molecule has 0 saturated carbocycles. The zero-order valence-electron chi connectivity index (χ0n) is 17.1. The van der Waals surface area contributed by atoms with Crippen molar-refractivity contribution in [3.8, 4) is 5.75 Å². The van der Waals surface area contributed by atoms with Crippen molar-refractivity contribution in [1.29, 1.82) is 0 Å². The van der Waals surface area contributed by atoms with E-state index in [4.69, 9.17) is 0 Å². The van der Waals surface area contributed by atoms with Crippen LogP contribution in [-0.2, 0) is 0 Å². The molecule has 158 valence electrons. The van der Waals surface area contributed by atoms with E-state index in [0.29, 0.717) is 12.3 Å². The number of hydrogen-bond acceptors (Lipinski definition) is 4. The normalized spacial score (nSPS) is 15.6. The molecule has 0 radical (unpaired) electrons. The van der Waals surface area contributed by atoms with Gasteiger partial charge in [0.05, 0.1) is 18.3 Å². The van der Waals surface area contributed by atoms with Gasteiger partial charge in [-0.3, -0.25) is 4.99 Å². The second kappa shape index (κ2) is 11.3. The van der Waals surface area contributed by atoms with Crippen LogP contribution in [0.5, 0.6) is 5.75 Å². The summed E-state index contributed by atoms with van der Waals surface area (Å²) in [6.45, 7) is 8.41. The van der Waals surface area contributed by atoms with Crippen molar-refractivity contribution in [3.63, 3.8) is 0 Å². The third kappa shape index (κ3) is 6.24. The average Bonchev–Trinajstić information content (AvgIpc) is 2.72. The summed E-state index contributed by atoms with van der Waals surface area (Å²) in [6.07, 6.45) is -0.614. The molecule has 1 unspecified atom stereocenters. The lowest BCUT2D eigenvalue weighted by atomic mass is 10.1. The van der Waals surface area contributed by atoms with Crippen LogP contribution in [0.3, 0.4) is 0 Å². The van der Waals surface area contributed by atoms with Gasteiger partial charge in [0, 0.05) is 32.7 Å². The molecule has 3 rings (SSSR count). The molecule has 0 spiro atoms. The highest BCUT2D eigenvalue weighted by Crippen LogP contribution is 2.27. The summed E-state index contributed by atoms with van der Waals surface area (Å²) in [5.41, 5.74) is 2.93. The minimum absolute atomic E-state index is 0. The number of phenols is 1. The van der Waals surface area contributed by atoms with Crippen LogP contribution in [0.15, 0.2) is 53.5 Å². The number of piperazine rings is 1. The van der Waals surface area contributed by atoms with Gasteiger partial charge >= 0.3 is 0 Å². The highest BCUT2D eigenvalue weighted by Gasteiger charge is 2.21. The summed E-state index contributed by atoms with van der Waals surface area (Å²) in [4.78, 5) is 9.07. The van der Waals surface area contributed by atoms with Crippen LogP contribution in [0.25, 0.3) is 0 Å². The van der Waals surface area contributed by atoms with Crippen molar-refractivity contribution in [1.82, 2.24) is 10.2 Å². The molecular formula is C22H31IN4O2. The second-order valence-corrected chi connectivity index (χ2v) is 7.08. The molecule has 3 N–H and O–H groups in total. The summed E-state index contributed by atoms with van der Waals surface area (Å²) in [5.74, 6) is 1.14. The number of aliphatic hydroxyl groups excluding tert-OH is 1. The number of halogens is 1. The molecule has 1 saturated heterocycles. The number of nitrogens with zero attached hydrogens (tertiary/aromatic N) is 3. The molecule has 1 aliphatic heterocycles. The number of benzene rings is 2. The molecule has 6 nitrogen and oxygen atoms in total. The predicted molar refractivity (Wildman–Crippen MR) is 129 cm³/mol. The largest absolute Gasteiger partial charge is 0.506 e. The van der Waals surface area contributed by atoms with Crippen LogP contribution in [0.4, 0.5) is 5.69 Å². The molecular weight excluding hydrogens is 479 g/mol. The maximum absolute atomic E-state index is 10.5. The van der Waals surface area contributed by atoms with E-state index in [2.05, 4.69) is 20.1 Å². The van der Waals surface area contributed by atoms with Gasteiger partial charge in [0.25, 0.3) is 0 Å². The topological polar surface area (TPSA) is 71.3 Å². The Morgan fingerprint density at radius 2 is 1.72 bits per heavy atom. The van der Waals surface area contributed by atoms with Gasteiger partial charge in [0.15, 0.2) is 5.96 Å². The van der Waals surface area contributed by atoms with Crippen LogP contribution in [0, 0.1) is 6.92 Å². The van der Waals surface area contributed by atoms with E-state index in [0.717, 1.165) is 49.9 Å². The average molecular weight is 510 g/mol. The summed E-state index contributed by atoms with van der Waals surface area (Å²) in [7, 11) is 0. The highest BCUT2D eigenvalue weighted by molar-refractivity contribution is 14.0. The molecule has 7 heteroatoms. The van der Waals surface area contributed by atoms with E-state index < -0.39 is 6.10 Å². The van der Waals surface area contributed by atoms with Crippen LogP contribution in [-0.4, -0.2) is 60.3 Å². The molecule has 1 heterocycles. The van der Waals surface area contributed by atoms with Gasteiger partial charge < -0.3 is 25.3 Å². The predicted octanol–water partition coefficient (Wildman–Crippen LogP) is 3.14. The van der Waals surface area contributed by atoms with E-state index in [9.17, 15) is 10.2 Å². The molecule has 2 aromatic carbocycles. The smallest absolute Gasteiger partial charge is 0.194 e. The van der Waals surface area contributed by atoms with Gasteiger partial charge in [-0.1, -0.05) is 42.0 Å². The zero-order valence-corrected chi connectivity index (χ0v) is 19.4. The van der Waals surface area contributed by atoms with Gasteiger partial charge in [0.2, 0.25) is 0 Å². The fourth-order valence-electron chi connectivity index (χ4n) is 3.38. The standard InChI is InChI=1S/C22H30N4O2.HI/c1-3-23-22(24-16-21(28)18-10-8-17(2)9-11-18)26-14-12-25(13-15-26)19-6-4-5-7-20(19)27;/h4-11,21,27-28H,3,12-16H2,1-2H3,(H,23,24);1H. The van der Waals surface area contributed by atoms with Crippen LogP contribution in [0.1, 0.15) is 24.2 Å². The summed E-state index contributed by atoms with van der Waals surface area (Å²) in [6, 6.07) is 15.4. The number of anilines is 1. The molecule has 1 aliphatic rings. The van der Waals surface area contributed by atoms with Crippen molar-refractivity contribution in [2.24, 2.45) is 4.99 Å². The number of aromatic hydroxyl groups is 1. The molecule has 0 aromatic heterocycles. The SMILES string of the molecule is CCNC(=NCC(O)c1ccc(C)cc1)N1CCN(c2ccccc2O)CC1.I. The first kappa shape index (κ1) is 23.3. The fraction of sp³-hybridized carbons (Fsp3) is 0.409. The first-order valence-electron chi connectivity index (χ1n) is 9.89. The van der Waals surface area contributed by atoms with Crippen molar-refractivity contribution >= 4 is 35.6 Å². The van der Waals surface area contributed by atoms with Crippen LogP contribution >= 0.6 is 24.0 Å². The number of nitrogens with one attached hydrogen (secondary N) is 1. The summed E-state index contributed by atoms with van der Waals surface area (Å²) >= 11 is 0. The fourth-order valence-corrected chi connectivity index (χ4v) is 3.38. The first-order chi connectivity index (χ1) is 13.6. The third-order valence-corrected chi connectivity index (χ3v) is 5.01. The highest BCUT2D eigenvalue weighted by atomic mass is 127. The minimum Gasteiger partial charge on any atom is -0.506 e. The Hall–Kier alpha value is -2.00. The van der Waals surface area contributed by atoms with E-state index in [1.165, 1.54) is 5.56 Å². The number of guanidine groups is 1. The van der Waals surface area contributed by atoms with Gasteiger partial charge in [-0.25, -0.2) is 0 Å². The number of aliphatic imine (C=N–C) groups is 1. The molecule has 0 bridgehead atoms. The van der Waals surface area contributed by atoms with E-state index >= 15 is 0 Å². The minimum atomic E-state index is -0.614. The Labute approximate surface area is 190 Å². The first-order valence-corrected chi connectivity index (χ1v) is 9.89. The lowest BCUT2D eigenvalue weighted by molar-refractivity contribution is 0.186. The second-order valence-electron chi connectivity index (χ2n) is 7.08. The Bertz CT molecular complexity index is 790. The van der Waals surface area contributed by atoms with E-state index in [-0.39, 0.29) is 24.0 Å². The maximum atomic E-state index is 10.5. The van der Waals surface area contributed by atoms with Gasteiger partial charge in [-0.05, 0) is 31.5 Å². The summed E-state index contributed by atoms with van der Waals surface area (Å²) < 4.78 is 0. The van der Waals surface area contributed by atoms with Gasteiger partial charge in [0.1, 0.15) is 5.75 Å². The van der Waals surface area contributed by atoms with E-state index in [1.807, 2.05) is 56.3 Å². The van der Waals surface area contributed by atoms with Crippen molar-refractivity contribution in [2.75, 3.05) is 44.2 Å². The Kier molecular flexibility index (Phi) is 9.03. The lowest BCUT2D eigenvalue weighted by Crippen LogP contribution is -2.52. The van der Waals surface area contributed by atoms with Gasteiger partial charge in [-0.2, -0.15) is 0 Å². The number of aliphatic hydroxyl groups is 1. The Balaban J connectivity index is 0.00000300. The molecule has 1 fully saturated rings. The molecule has 0 amide bonds. The Morgan fingerprint density at radius 3 is 2.34 bits per heavy atom. The number of aryl methyl sites for hydroxylation is 1. The van der Waals surface area contributed by atoms with E-state index in [1.54, 1.807) is 6.07 Å².